The zero-order valence-electron chi connectivity index (χ0n) is 13.0. The van der Waals surface area contributed by atoms with Gasteiger partial charge >= 0.3 is 0 Å². The van der Waals surface area contributed by atoms with Crippen molar-refractivity contribution in [3.8, 4) is 0 Å². The number of hydrogen-bond donors (Lipinski definition) is 2. The highest BCUT2D eigenvalue weighted by molar-refractivity contribution is 7.20. The van der Waals surface area contributed by atoms with Gasteiger partial charge in [-0.1, -0.05) is 0 Å². The molecule has 1 saturated heterocycles. The van der Waals surface area contributed by atoms with Crippen molar-refractivity contribution in [2.45, 2.75) is 0 Å². The molecule has 24 heavy (non-hydrogen) atoms. The van der Waals surface area contributed by atoms with E-state index in [1.807, 2.05) is 0 Å². The van der Waals surface area contributed by atoms with Crippen LogP contribution in [0.5, 0.6) is 0 Å². The second kappa shape index (κ2) is 8.39. The highest BCUT2D eigenvalue weighted by atomic mass is 35.5. The van der Waals surface area contributed by atoms with E-state index in [9.17, 15) is 14.9 Å². The lowest BCUT2D eigenvalue weighted by Gasteiger charge is -2.26. The number of nitrogens with zero attached hydrogens (tertiary/aromatic N) is 2. The molecule has 0 bridgehead atoms. The SMILES string of the molecule is Cl.O=C(NCCN1CCNCC1)c1cc2cc([N+](=O)[O-])ccc2s1. The lowest BCUT2D eigenvalue weighted by atomic mass is 10.2. The van der Waals surface area contributed by atoms with Gasteiger partial charge in [0.1, 0.15) is 0 Å². The van der Waals surface area contributed by atoms with E-state index in [0.717, 1.165) is 42.8 Å². The molecular formula is C15H19ClN4O3S. The first-order valence-corrected chi connectivity index (χ1v) is 8.34. The van der Waals surface area contributed by atoms with Crippen LogP contribution in [-0.4, -0.2) is 55.0 Å². The molecule has 1 aliphatic rings. The third kappa shape index (κ3) is 4.41. The molecule has 1 fully saturated rings. The smallest absolute Gasteiger partial charge is 0.270 e. The fourth-order valence-corrected chi connectivity index (χ4v) is 3.57. The number of carbonyl (C=O) groups excluding carboxylic acids is 1. The molecule has 0 saturated carbocycles. The van der Waals surface area contributed by atoms with Crippen molar-refractivity contribution in [2.75, 3.05) is 39.3 Å². The zero-order chi connectivity index (χ0) is 16.2. The van der Waals surface area contributed by atoms with E-state index >= 15 is 0 Å². The molecule has 2 aromatic rings. The van der Waals surface area contributed by atoms with Gasteiger partial charge in [0.25, 0.3) is 11.6 Å². The van der Waals surface area contributed by atoms with Crippen molar-refractivity contribution in [1.29, 1.82) is 0 Å². The van der Waals surface area contributed by atoms with Crippen LogP contribution in [0, 0.1) is 10.1 Å². The van der Waals surface area contributed by atoms with Crippen molar-refractivity contribution in [2.24, 2.45) is 0 Å². The van der Waals surface area contributed by atoms with Crippen LogP contribution >= 0.6 is 23.7 Å². The van der Waals surface area contributed by atoms with E-state index in [-0.39, 0.29) is 24.0 Å². The van der Waals surface area contributed by atoms with Crippen LogP contribution in [-0.2, 0) is 0 Å². The standard InChI is InChI=1S/C15H18N4O3S.ClH/c20-15(17-5-8-18-6-3-16-4-7-18)14-10-11-9-12(19(21)22)1-2-13(11)23-14;/h1-2,9-10,16H,3-8H2,(H,17,20);1H. The predicted molar refractivity (Wildman–Crippen MR) is 97.4 cm³/mol. The van der Waals surface area contributed by atoms with E-state index in [1.165, 1.54) is 23.5 Å². The van der Waals surface area contributed by atoms with E-state index < -0.39 is 4.92 Å². The molecule has 7 nitrogen and oxygen atoms in total. The Morgan fingerprint density at radius 3 is 2.79 bits per heavy atom. The molecule has 1 aromatic heterocycles. The minimum Gasteiger partial charge on any atom is -0.350 e. The van der Waals surface area contributed by atoms with Crippen LogP contribution in [0.15, 0.2) is 24.3 Å². The van der Waals surface area contributed by atoms with Gasteiger partial charge in [0.15, 0.2) is 0 Å². The largest absolute Gasteiger partial charge is 0.350 e. The molecule has 0 unspecified atom stereocenters. The number of piperazine rings is 1. The Morgan fingerprint density at radius 1 is 1.33 bits per heavy atom. The van der Waals surface area contributed by atoms with Gasteiger partial charge in [-0.3, -0.25) is 19.8 Å². The Hall–Kier alpha value is -1.74. The molecule has 3 rings (SSSR count). The first kappa shape index (κ1) is 18.6. The fraction of sp³-hybridized carbons (Fsp3) is 0.400. The average molecular weight is 371 g/mol. The maximum atomic E-state index is 12.2. The summed E-state index contributed by atoms with van der Waals surface area (Å²) >= 11 is 1.35. The summed E-state index contributed by atoms with van der Waals surface area (Å²) in [5.74, 6) is -0.121. The van der Waals surface area contributed by atoms with E-state index in [1.54, 1.807) is 12.1 Å². The third-order valence-corrected chi connectivity index (χ3v) is 4.97. The zero-order valence-corrected chi connectivity index (χ0v) is 14.6. The molecule has 130 valence electrons. The number of nitro benzene ring substituents is 1. The van der Waals surface area contributed by atoms with Gasteiger partial charge in [0.2, 0.25) is 0 Å². The normalized spacial score (nSPS) is 15.0. The molecule has 2 N–H and O–H groups in total. The number of nitrogens with one attached hydrogen (secondary N) is 2. The van der Waals surface area contributed by atoms with E-state index in [4.69, 9.17) is 0 Å². The molecule has 2 heterocycles. The lowest BCUT2D eigenvalue weighted by Crippen LogP contribution is -2.46. The highest BCUT2D eigenvalue weighted by Gasteiger charge is 2.14. The average Bonchev–Trinajstić information content (AvgIpc) is 2.99. The second-order valence-corrected chi connectivity index (χ2v) is 6.52. The van der Waals surface area contributed by atoms with Crippen LogP contribution in [0.4, 0.5) is 5.69 Å². The first-order chi connectivity index (χ1) is 11.1. The maximum absolute atomic E-state index is 12.2. The number of halogens is 1. The number of fused-ring (bicyclic) bond motifs is 1. The summed E-state index contributed by atoms with van der Waals surface area (Å²) < 4.78 is 0.878. The molecule has 1 aliphatic heterocycles. The minimum absolute atomic E-state index is 0. The molecular weight excluding hydrogens is 352 g/mol. The number of hydrogen-bond acceptors (Lipinski definition) is 6. The number of carbonyl (C=O) groups is 1. The molecule has 1 amide bonds. The minimum atomic E-state index is -0.426. The highest BCUT2D eigenvalue weighted by Crippen LogP contribution is 2.28. The third-order valence-electron chi connectivity index (χ3n) is 3.86. The monoisotopic (exact) mass is 370 g/mol. The van der Waals surface area contributed by atoms with Crippen LogP contribution < -0.4 is 10.6 Å². The summed E-state index contributed by atoms with van der Waals surface area (Å²) in [7, 11) is 0. The van der Waals surface area contributed by atoms with Gasteiger partial charge < -0.3 is 10.6 Å². The molecule has 0 radical (unpaired) electrons. The molecule has 0 atom stereocenters. The van der Waals surface area contributed by atoms with Crippen molar-refractivity contribution >= 4 is 45.4 Å². The van der Waals surface area contributed by atoms with Crippen LogP contribution in [0.3, 0.4) is 0 Å². The predicted octanol–water partition coefficient (Wildman–Crippen LogP) is 1.87. The van der Waals surface area contributed by atoms with E-state index in [0.29, 0.717) is 11.4 Å². The lowest BCUT2D eigenvalue weighted by molar-refractivity contribution is -0.384. The summed E-state index contributed by atoms with van der Waals surface area (Å²) in [6, 6.07) is 6.37. The molecule has 9 heteroatoms. The Balaban J connectivity index is 0.00000208. The second-order valence-electron chi connectivity index (χ2n) is 5.44. The first-order valence-electron chi connectivity index (χ1n) is 7.53. The van der Waals surface area contributed by atoms with Crippen molar-refractivity contribution in [1.82, 2.24) is 15.5 Å². The van der Waals surface area contributed by atoms with Gasteiger partial charge in [-0.15, -0.1) is 23.7 Å². The quantitative estimate of drug-likeness (QED) is 0.619. The maximum Gasteiger partial charge on any atom is 0.270 e. The molecule has 0 spiro atoms. The molecule has 0 aliphatic carbocycles. The Bertz CT molecular complexity index is 731. The summed E-state index contributed by atoms with van der Waals surface area (Å²) in [4.78, 5) is 25.5. The van der Waals surface area contributed by atoms with E-state index in [2.05, 4.69) is 15.5 Å². The summed E-state index contributed by atoms with van der Waals surface area (Å²) in [5.41, 5.74) is 0.0426. The number of non-ortho nitro benzene ring substituents is 1. The van der Waals surface area contributed by atoms with Gasteiger partial charge in [-0.2, -0.15) is 0 Å². The van der Waals surface area contributed by atoms with Crippen LogP contribution in [0.1, 0.15) is 9.67 Å². The Kier molecular flexibility index (Phi) is 6.50. The Labute approximate surface area is 149 Å². The van der Waals surface area contributed by atoms with Gasteiger partial charge in [0, 0.05) is 61.5 Å². The fourth-order valence-electron chi connectivity index (χ4n) is 2.61. The van der Waals surface area contributed by atoms with Gasteiger partial charge in [-0.25, -0.2) is 0 Å². The number of benzene rings is 1. The summed E-state index contributed by atoms with van der Waals surface area (Å²) in [6.07, 6.45) is 0. The van der Waals surface area contributed by atoms with Crippen molar-refractivity contribution in [3.05, 3.63) is 39.3 Å². The topological polar surface area (TPSA) is 87.5 Å². The van der Waals surface area contributed by atoms with Crippen molar-refractivity contribution < 1.29 is 9.72 Å². The number of amides is 1. The van der Waals surface area contributed by atoms with Crippen molar-refractivity contribution in [3.63, 3.8) is 0 Å². The number of thiophene rings is 1. The van der Waals surface area contributed by atoms with Crippen LogP contribution in [0.2, 0.25) is 0 Å². The number of rotatable bonds is 5. The van der Waals surface area contributed by atoms with Crippen LogP contribution in [0.25, 0.3) is 10.1 Å². The van der Waals surface area contributed by atoms with Gasteiger partial charge in [0.05, 0.1) is 9.80 Å². The number of nitro groups is 1. The molecule has 1 aromatic carbocycles. The summed E-state index contributed by atoms with van der Waals surface area (Å²) in [5, 5.41) is 17.7. The van der Waals surface area contributed by atoms with Gasteiger partial charge in [-0.05, 0) is 12.1 Å². The summed E-state index contributed by atoms with van der Waals surface area (Å²) in [6.45, 7) is 5.42. The Morgan fingerprint density at radius 2 is 2.08 bits per heavy atom.